The van der Waals surface area contributed by atoms with Crippen LogP contribution in [0.2, 0.25) is 0 Å². The highest BCUT2D eigenvalue weighted by Gasteiger charge is 2.31. The third kappa shape index (κ3) is 3.70. The summed E-state index contributed by atoms with van der Waals surface area (Å²) in [5, 5.41) is 0. The van der Waals surface area contributed by atoms with Crippen LogP contribution >= 0.6 is 15.9 Å². The Bertz CT molecular complexity index is 640. The topological polar surface area (TPSA) is 57.7 Å². The van der Waals surface area contributed by atoms with E-state index < -0.39 is 10.0 Å². The highest BCUT2D eigenvalue weighted by Crippen LogP contribution is 2.21. The molecule has 5 nitrogen and oxygen atoms in total. The van der Waals surface area contributed by atoms with Gasteiger partial charge in [0.15, 0.2) is 0 Å². The molecule has 1 aliphatic rings. The lowest BCUT2D eigenvalue weighted by atomic mass is 10.1. The van der Waals surface area contributed by atoms with E-state index in [0.29, 0.717) is 26.2 Å². The second-order valence-corrected chi connectivity index (χ2v) is 8.35. The van der Waals surface area contributed by atoms with Crippen molar-refractivity contribution in [2.45, 2.75) is 25.2 Å². The number of rotatable bonds is 4. The van der Waals surface area contributed by atoms with Crippen LogP contribution in [-0.4, -0.2) is 49.7 Å². The van der Waals surface area contributed by atoms with Gasteiger partial charge in [-0.2, -0.15) is 4.31 Å². The maximum absolute atomic E-state index is 12.6. The first-order chi connectivity index (χ1) is 10.4. The third-order valence-corrected chi connectivity index (χ3v) is 6.41. The third-order valence-electron chi connectivity index (χ3n) is 4.02. The molecule has 0 bridgehead atoms. The molecule has 22 heavy (non-hydrogen) atoms. The number of amides is 1. The van der Waals surface area contributed by atoms with Crippen LogP contribution in [0.15, 0.2) is 33.6 Å². The van der Waals surface area contributed by atoms with Gasteiger partial charge in [0.2, 0.25) is 15.9 Å². The van der Waals surface area contributed by atoms with Crippen LogP contribution in [0.25, 0.3) is 0 Å². The van der Waals surface area contributed by atoms with Crippen molar-refractivity contribution in [3.05, 3.63) is 28.7 Å². The number of sulfonamides is 1. The van der Waals surface area contributed by atoms with Crippen LogP contribution in [0.3, 0.4) is 0 Å². The van der Waals surface area contributed by atoms with Crippen molar-refractivity contribution in [2.24, 2.45) is 5.92 Å². The molecule has 0 aliphatic carbocycles. The van der Waals surface area contributed by atoms with Gasteiger partial charge in [-0.15, -0.1) is 0 Å². The molecule has 7 heteroatoms. The summed E-state index contributed by atoms with van der Waals surface area (Å²) in [5.74, 6) is 0.107. The molecular formula is C15H21BrN2O3S. The number of hydrogen-bond donors (Lipinski definition) is 0. The van der Waals surface area contributed by atoms with Crippen molar-refractivity contribution in [3.8, 4) is 0 Å². The monoisotopic (exact) mass is 388 g/mol. The molecule has 1 saturated heterocycles. The number of nitrogens with zero attached hydrogens (tertiary/aromatic N) is 2. The van der Waals surface area contributed by atoms with Crippen molar-refractivity contribution < 1.29 is 13.2 Å². The summed E-state index contributed by atoms with van der Waals surface area (Å²) >= 11 is 3.30. The standard InChI is InChI=1S/C15H21BrN2O3S/c1-3-12(2)15(19)17-7-9-18(10-8-17)22(20,21)14-6-4-5-13(16)11-14/h4-6,11-12H,3,7-10H2,1-2H3/t12-/m0/s1. The summed E-state index contributed by atoms with van der Waals surface area (Å²) in [5.41, 5.74) is 0. The van der Waals surface area contributed by atoms with Gasteiger partial charge in [0.1, 0.15) is 0 Å². The quantitative estimate of drug-likeness (QED) is 0.794. The number of carbonyl (C=O) groups is 1. The lowest BCUT2D eigenvalue weighted by molar-refractivity contribution is -0.136. The molecule has 1 aliphatic heterocycles. The summed E-state index contributed by atoms with van der Waals surface area (Å²) in [4.78, 5) is 14.2. The zero-order valence-corrected chi connectivity index (χ0v) is 15.2. The first-order valence-corrected chi connectivity index (χ1v) is 9.64. The van der Waals surface area contributed by atoms with Crippen LogP contribution < -0.4 is 0 Å². The summed E-state index contributed by atoms with van der Waals surface area (Å²) < 4.78 is 27.4. The Morgan fingerprint density at radius 3 is 2.45 bits per heavy atom. The molecule has 1 fully saturated rings. The van der Waals surface area contributed by atoms with E-state index in [1.165, 1.54) is 4.31 Å². The fraction of sp³-hybridized carbons (Fsp3) is 0.533. The van der Waals surface area contributed by atoms with Crippen LogP contribution in [0, 0.1) is 5.92 Å². The Morgan fingerprint density at radius 1 is 1.27 bits per heavy atom. The van der Waals surface area contributed by atoms with Crippen LogP contribution in [0.5, 0.6) is 0 Å². The Morgan fingerprint density at radius 2 is 1.91 bits per heavy atom. The zero-order chi connectivity index (χ0) is 16.3. The normalized spacial score (nSPS) is 18.2. The number of piperazine rings is 1. The minimum atomic E-state index is -3.49. The van der Waals surface area contributed by atoms with Gasteiger partial charge in [-0.25, -0.2) is 8.42 Å². The Labute approximate surface area is 140 Å². The van der Waals surface area contributed by atoms with E-state index in [1.54, 1.807) is 29.2 Å². The molecule has 0 radical (unpaired) electrons. The van der Waals surface area contributed by atoms with Gasteiger partial charge in [0, 0.05) is 36.6 Å². The second-order valence-electron chi connectivity index (χ2n) is 5.50. The largest absolute Gasteiger partial charge is 0.340 e. The molecule has 1 heterocycles. The van der Waals surface area contributed by atoms with Gasteiger partial charge < -0.3 is 4.90 Å². The molecule has 0 unspecified atom stereocenters. The fourth-order valence-electron chi connectivity index (χ4n) is 2.41. The summed E-state index contributed by atoms with van der Waals surface area (Å²) in [6.07, 6.45) is 0.801. The van der Waals surface area contributed by atoms with Gasteiger partial charge in [-0.3, -0.25) is 4.79 Å². The van der Waals surface area contributed by atoms with E-state index in [9.17, 15) is 13.2 Å². The van der Waals surface area contributed by atoms with Gasteiger partial charge >= 0.3 is 0 Å². The van der Waals surface area contributed by atoms with Crippen LogP contribution in [0.4, 0.5) is 0 Å². The molecule has 122 valence electrons. The van der Waals surface area contributed by atoms with Crippen molar-refractivity contribution in [2.75, 3.05) is 26.2 Å². The molecule has 0 spiro atoms. The van der Waals surface area contributed by atoms with Crippen molar-refractivity contribution in [1.29, 1.82) is 0 Å². The minimum Gasteiger partial charge on any atom is -0.340 e. The zero-order valence-electron chi connectivity index (χ0n) is 12.8. The van der Waals surface area contributed by atoms with Gasteiger partial charge in [-0.05, 0) is 24.6 Å². The smallest absolute Gasteiger partial charge is 0.243 e. The lowest BCUT2D eigenvalue weighted by Gasteiger charge is -2.35. The minimum absolute atomic E-state index is 0.00626. The summed E-state index contributed by atoms with van der Waals surface area (Å²) in [7, 11) is -3.49. The van der Waals surface area contributed by atoms with Gasteiger partial charge in [0.05, 0.1) is 4.90 Å². The van der Waals surface area contributed by atoms with Crippen LogP contribution in [0.1, 0.15) is 20.3 Å². The summed E-state index contributed by atoms with van der Waals surface area (Å²) in [6, 6.07) is 6.70. The van der Waals surface area contributed by atoms with E-state index in [1.807, 2.05) is 13.8 Å². The average Bonchev–Trinajstić information content (AvgIpc) is 2.53. The van der Waals surface area contributed by atoms with Gasteiger partial charge in [-0.1, -0.05) is 35.8 Å². The highest BCUT2D eigenvalue weighted by atomic mass is 79.9. The number of benzene rings is 1. The van der Waals surface area contributed by atoms with E-state index in [2.05, 4.69) is 15.9 Å². The SMILES string of the molecule is CC[C@H](C)C(=O)N1CCN(S(=O)(=O)c2cccc(Br)c2)CC1. The van der Waals surface area contributed by atoms with Crippen molar-refractivity contribution in [3.63, 3.8) is 0 Å². The molecular weight excluding hydrogens is 368 g/mol. The second kappa shape index (κ2) is 7.10. The molecule has 1 aromatic carbocycles. The first-order valence-electron chi connectivity index (χ1n) is 7.40. The van der Waals surface area contributed by atoms with E-state index in [4.69, 9.17) is 0 Å². The predicted octanol–water partition coefficient (Wildman–Crippen LogP) is 2.33. The maximum atomic E-state index is 12.6. The lowest BCUT2D eigenvalue weighted by Crippen LogP contribution is -2.51. The summed E-state index contributed by atoms with van der Waals surface area (Å²) in [6.45, 7) is 5.49. The van der Waals surface area contributed by atoms with Crippen molar-refractivity contribution >= 4 is 31.9 Å². The van der Waals surface area contributed by atoms with Gasteiger partial charge in [0.25, 0.3) is 0 Å². The molecule has 0 N–H and O–H groups in total. The molecule has 2 rings (SSSR count). The number of carbonyl (C=O) groups excluding carboxylic acids is 1. The molecule has 1 atom stereocenters. The highest BCUT2D eigenvalue weighted by molar-refractivity contribution is 9.10. The first kappa shape index (κ1) is 17.4. The van der Waals surface area contributed by atoms with E-state index in [0.717, 1.165) is 10.9 Å². The molecule has 1 aromatic rings. The molecule has 1 amide bonds. The Kier molecular flexibility index (Phi) is 5.63. The van der Waals surface area contributed by atoms with E-state index in [-0.39, 0.29) is 16.7 Å². The van der Waals surface area contributed by atoms with Crippen LogP contribution in [-0.2, 0) is 14.8 Å². The maximum Gasteiger partial charge on any atom is 0.243 e. The fourth-order valence-corrected chi connectivity index (χ4v) is 4.43. The Balaban J connectivity index is 2.06. The molecule has 0 aromatic heterocycles. The van der Waals surface area contributed by atoms with Crippen molar-refractivity contribution in [1.82, 2.24) is 9.21 Å². The Hall–Kier alpha value is -0.920. The number of halogens is 1. The predicted molar refractivity (Wildman–Crippen MR) is 88.9 cm³/mol. The average molecular weight is 389 g/mol. The molecule has 0 saturated carbocycles. The number of hydrogen-bond acceptors (Lipinski definition) is 3. The van der Waals surface area contributed by atoms with E-state index >= 15 is 0 Å².